The number of fused-ring (bicyclic) bond motifs is 1. The second-order valence-electron chi connectivity index (χ2n) is 6.32. The normalized spacial score (nSPS) is 15.7. The standard InChI is InChI=1S/C18H20N4O3S2/c1-25-15-6-5-13(21-17-14-7-10-26-18(14)20-12-19-17)11-16(15)27(23,24)22-8-3-2-4-9-22/h5-7,10-12H,2-4,8-9H2,1H3,(H,19,20,21). The van der Waals surface area contributed by atoms with Crippen LogP contribution in [0.3, 0.4) is 0 Å². The van der Waals surface area contributed by atoms with Crippen molar-refractivity contribution in [3.63, 3.8) is 0 Å². The van der Waals surface area contributed by atoms with Gasteiger partial charge < -0.3 is 10.1 Å². The molecule has 0 saturated carbocycles. The summed E-state index contributed by atoms with van der Waals surface area (Å²) < 4.78 is 33.1. The lowest BCUT2D eigenvalue weighted by Gasteiger charge is -2.26. The largest absolute Gasteiger partial charge is 0.495 e. The molecule has 1 aliphatic heterocycles. The Morgan fingerprint density at radius 2 is 1.96 bits per heavy atom. The monoisotopic (exact) mass is 404 g/mol. The van der Waals surface area contributed by atoms with Crippen LogP contribution in [0.1, 0.15) is 19.3 Å². The van der Waals surface area contributed by atoms with E-state index in [0.29, 0.717) is 30.3 Å². The molecule has 1 N–H and O–H groups in total. The molecule has 1 aliphatic rings. The Hall–Kier alpha value is -2.23. The molecule has 3 aromatic rings. The first-order valence-corrected chi connectivity index (χ1v) is 11.0. The van der Waals surface area contributed by atoms with E-state index in [1.54, 1.807) is 22.5 Å². The van der Waals surface area contributed by atoms with Crippen molar-refractivity contribution in [2.75, 3.05) is 25.5 Å². The van der Waals surface area contributed by atoms with Crippen molar-refractivity contribution < 1.29 is 13.2 Å². The molecule has 0 atom stereocenters. The average molecular weight is 405 g/mol. The van der Waals surface area contributed by atoms with Gasteiger partial charge in [0.15, 0.2) is 0 Å². The molecule has 9 heteroatoms. The van der Waals surface area contributed by atoms with Crippen molar-refractivity contribution in [1.29, 1.82) is 0 Å². The average Bonchev–Trinajstić information content (AvgIpc) is 3.18. The molecule has 0 unspecified atom stereocenters. The van der Waals surface area contributed by atoms with E-state index in [4.69, 9.17) is 4.74 Å². The number of anilines is 2. The lowest BCUT2D eigenvalue weighted by molar-refractivity contribution is 0.343. The van der Waals surface area contributed by atoms with E-state index in [-0.39, 0.29) is 4.90 Å². The van der Waals surface area contributed by atoms with E-state index in [1.165, 1.54) is 24.8 Å². The summed E-state index contributed by atoms with van der Waals surface area (Å²) in [4.78, 5) is 9.58. The molecule has 0 aliphatic carbocycles. The number of nitrogens with zero attached hydrogens (tertiary/aromatic N) is 3. The van der Waals surface area contributed by atoms with Gasteiger partial charge in [0.1, 0.15) is 27.6 Å². The van der Waals surface area contributed by atoms with Gasteiger partial charge in [-0.2, -0.15) is 4.31 Å². The van der Waals surface area contributed by atoms with Crippen molar-refractivity contribution in [2.24, 2.45) is 0 Å². The van der Waals surface area contributed by atoms with Gasteiger partial charge in [0.2, 0.25) is 10.0 Å². The van der Waals surface area contributed by atoms with Gasteiger partial charge in [0.25, 0.3) is 0 Å². The third-order valence-corrected chi connectivity index (χ3v) is 7.36. The van der Waals surface area contributed by atoms with E-state index in [0.717, 1.165) is 29.5 Å². The topological polar surface area (TPSA) is 84.4 Å². The molecule has 4 rings (SSSR count). The highest BCUT2D eigenvalue weighted by molar-refractivity contribution is 7.89. The summed E-state index contributed by atoms with van der Waals surface area (Å²) in [5.41, 5.74) is 0.637. The molecule has 0 spiro atoms. The number of nitrogens with one attached hydrogen (secondary N) is 1. The molecule has 7 nitrogen and oxygen atoms in total. The molecule has 27 heavy (non-hydrogen) atoms. The third-order valence-electron chi connectivity index (χ3n) is 4.62. The number of methoxy groups -OCH3 is 1. The zero-order chi connectivity index (χ0) is 18.9. The summed E-state index contributed by atoms with van der Waals surface area (Å²) in [5.74, 6) is 0.988. The number of thiophene rings is 1. The van der Waals surface area contributed by atoms with Crippen molar-refractivity contribution in [1.82, 2.24) is 14.3 Å². The quantitative estimate of drug-likeness (QED) is 0.699. The summed E-state index contributed by atoms with van der Waals surface area (Å²) in [6, 6.07) is 7.01. The predicted octanol–water partition coefficient (Wildman–Crippen LogP) is 3.62. The lowest BCUT2D eigenvalue weighted by Crippen LogP contribution is -2.35. The summed E-state index contributed by atoms with van der Waals surface area (Å²) in [6.45, 7) is 1.09. The van der Waals surface area contributed by atoms with Crippen molar-refractivity contribution in [3.8, 4) is 5.75 Å². The highest BCUT2D eigenvalue weighted by Gasteiger charge is 2.29. The van der Waals surface area contributed by atoms with Crippen LogP contribution in [0, 0.1) is 0 Å². The van der Waals surface area contributed by atoms with Gasteiger partial charge >= 0.3 is 0 Å². The van der Waals surface area contributed by atoms with Gasteiger partial charge in [-0.1, -0.05) is 6.42 Å². The van der Waals surface area contributed by atoms with Crippen LogP contribution in [0.4, 0.5) is 11.5 Å². The molecule has 0 bridgehead atoms. The third kappa shape index (κ3) is 3.50. The van der Waals surface area contributed by atoms with E-state index in [1.807, 2.05) is 11.4 Å². The van der Waals surface area contributed by atoms with Crippen LogP contribution < -0.4 is 10.1 Å². The Labute approximate surface area is 162 Å². The first-order chi connectivity index (χ1) is 13.1. The Balaban J connectivity index is 1.71. The fourth-order valence-corrected chi connectivity index (χ4v) is 5.66. The SMILES string of the molecule is COc1ccc(Nc2ncnc3sccc23)cc1S(=O)(=O)N1CCCCC1. The molecule has 1 fully saturated rings. The second kappa shape index (κ2) is 7.41. The Morgan fingerprint density at radius 3 is 2.74 bits per heavy atom. The van der Waals surface area contributed by atoms with Crippen LogP contribution in [-0.2, 0) is 10.0 Å². The highest BCUT2D eigenvalue weighted by atomic mass is 32.2. The Bertz CT molecular complexity index is 1060. The number of hydrogen-bond acceptors (Lipinski definition) is 7. The van der Waals surface area contributed by atoms with E-state index in [2.05, 4.69) is 15.3 Å². The molecule has 1 saturated heterocycles. The maximum Gasteiger partial charge on any atom is 0.246 e. The molecule has 0 radical (unpaired) electrons. The second-order valence-corrected chi connectivity index (χ2v) is 9.12. The maximum atomic E-state index is 13.1. The van der Waals surface area contributed by atoms with E-state index < -0.39 is 10.0 Å². The number of rotatable bonds is 5. The van der Waals surface area contributed by atoms with Gasteiger partial charge in [-0.3, -0.25) is 0 Å². The Morgan fingerprint density at radius 1 is 1.15 bits per heavy atom. The maximum absolute atomic E-state index is 13.1. The fourth-order valence-electron chi connectivity index (χ4n) is 3.23. The predicted molar refractivity (Wildman–Crippen MR) is 106 cm³/mol. The molecular formula is C18H20N4O3S2. The minimum atomic E-state index is -3.61. The number of sulfonamides is 1. The smallest absolute Gasteiger partial charge is 0.246 e. The Kier molecular flexibility index (Phi) is 4.98. The zero-order valence-electron chi connectivity index (χ0n) is 14.9. The molecule has 3 heterocycles. The molecule has 2 aromatic heterocycles. The summed E-state index contributed by atoms with van der Waals surface area (Å²) >= 11 is 1.53. The molecular weight excluding hydrogens is 384 g/mol. The first kappa shape index (κ1) is 18.1. The first-order valence-electron chi connectivity index (χ1n) is 8.73. The minimum absolute atomic E-state index is 0.174. The van der Waals surface area contributed by atoms with Crippen LogP contribution in [-0.4, -0.2) is 42.9 Å². The van der Waals surface area contributed by atoms with Crippen molar-refractivity contribution >= 4 is 43.1 Å². The van der Waals surface area contributed by atoms with Gasteiger partial charge in [-0.05, 0) is 42.5 Å². The number of piperidine rings is 1. The minimum Gasteiger partial charge on any atom is -0.495 e. The highest BCUT2D eigenvalue weighted by Crippen LogP contribution is 2.33. The van der Waals surface area contributed by atoms with Gasteiger partial charge in [-0.25, -0.2) is 18.4 Å². The van der Waals surface area contributed by atoms with Crippen LogP contribution in [0.2, 0.25) is 0 Å². The molecule has 0 amide bonds. The van der Waals surface area contributed by atoms with Crippen LogP contribution in [0.5, 0.6) is 5.75 Å². The van der Waals surface area contributed by atoms with Crippen molar-refractivity contribution in [3.05, 3.63) is 36.0 Å². The van der Waals surface area contributed by atoms with Gasteiger partial charge in [0.05, 0.1) is 12.5 Å². The molecule has 1 aromatic carbocycles. The van der Waals surface area contributed by atoms with Gasteiger partial charge in [-0.15, -0.1) is 11.3 Å². The fraction of sp³-hybridized carbons (Fsp3) is 0.333. The summed E-state index contributed by atoms with van der Waals surface area (Å²) in [6.07, 6.45) is 4.33. The number of aromatic nitrogens is 2. The van der Waals surface area contributed by atoms with E-state index in [9.17, 15) is 8.42 Å². The molecule has 142 valence electrons. The summed E-state index contributed by atoms with van der Waals surface area (Å²) in [5, 5.41) is 6.07. The lowest BCUT2D eigenvalue weighted by atomic mass is 10.2. The summed E-state index contributed by atoms with van der Waals surface area (Å²) in [7, 11) is -2.13. The number of benzene rings is 1. The van der Waals surface area contributed by atoms with Crippen LogP contribution >= 0.6 is 11.3 Å². The number of ether oxygens (including phenoxy) is 1. The zero-order valence-corrected chi connectivity index (χ0v) is 16.5. The van der Waals surface area contributed by atoms with Crippen molar-refractivity contribution in [2.45, 2.75) is 24.2 Å². The van der Waals surface area contributed by atoms with Crippen LogP contribution in [0.15, 0.2) is 40.9 Å². The number of hydrogen-bond donors (Lipinski definition) is 1. The van der Waals surface area contributed by atoms with E-state index >= 15 is 0 Å². The van der Waals surface area contributed by atoms with Crippen LogP contribution in [0.25, 0.3) is 10.2 Å². The van der Waals surface area contributed by atoms with Gasteiger partial charge in [0, 0.05) is 18.8 Å².